The Hall–Kier alpha value is -3.68. The number of hydrogen-bond donors (Lipinski definition) is 0. The molecule has 0 spiro atoms. The van der Waals surface area contributed by atoms with Crippen molar-refractivity contribution in [2.24, 2.45) is 0 Å². The fourth-order valence-electron chi connectivity index (χ4n) is 3.15. The van der Waals surface area contributed by atoms with Crippen molar-refractivity contribution in [3.05, 3.63) is 101 Å². The molecule has 8 heteroatoms. The van der Waals surface area contributed by atoms with Gasteiger partial charge in [0.25, 0.3) is 0 Å². The largest absolute Gasteiger partial charge is 0.416 e. The lowest BCUT2D eigenvalue weighted by atomic mass is 10.2. The normalized spacial score (nSPS) is 11.6. The summed E-state index contributed by atoms with van der Waals surface area (Å²) in [5, 5.41) is 4.27. The predicted molar refractivity (Wildman–Crippen MR) is 106 cm³/mol. The van der Waals surface area contributed by atoms with Gasteiger partial charge in [0, 0.05) is 43.2 Å². The molecule has 4 aromatic rings. The Labute approximate surface area is 170 Å². The number of halogens is 3. The Balaban J connectivity index is 1.59. The van der Waals surface area contributed by atoms with E-state index < -0.39 is 11.7 Å². The van der Waals surface area contributed by atoms with Crippen LogP contribution < -0.4 is 5.43 Å². The molecule has 0 aliphatic heterocycles. The van der Waals surface area contributed by atoms with Crippen LogP contribution in [0, 0.1) is 0 Å². The number of imidazole rings is 1. The van der Waals surface area contributed by atoms with Crippen molar-refractivity contribution in [1.29, 1.82) is 0 Å². The minimum Gasteiger partial charge on any atom is -0.331 e. The third-order valence-corrected chi connectivity index (χ3v) is 4.65. The van der Waals surface area contributed by atoms with Gasteiger partial charge in [-0.1, -0.05) is 36.4 Å². The van der Waals surface area contributed by atoms with Crippen molar-refractivity contribution in [3.63, 3.8) is 0 Å². The van der Waals surface area contributed by atoms with E-state index in [1.165, 1.54) is 29.1 Å². The molecule has 0 radical (unpaired) electrons. The first-order valence-electron chi connectivity index (χ1n) is 9.25. The number of hydrogen-bond acceptors (Lipinski definition) is 3. The maximum absolute atomic E-state index is 13.0. The van der Waals surface area contributed by atoms with Gasteiger partial charge in [0.2, 0.25) is 5.43 Å². The molecule has 30 heavy (non-hydrogen) atoms. The number of rotatable bonds is 5. The molecule has 2 aromatic heterocycles. The molecule has 0 saturated carbocycles. The Morgan fingerprint density at radius 3 is 2.50 bits per heavy atom. The third kappa shape index (κ3) is 4.17. The highest BCUT2D eigenvalue weighted by Crippen LogP contribution is 2.30. The Kier molecular flexibility index (Phi) is 5.22. The molecule has 5 nitrogen and oxygen atoms in total. The summed E-state index contributed by atoms with van der Waals surface area (Å²) in [6, 6.07) is 15.8. The third-order valence-electron chi connectivity index (χ3n) is 4.65. The molecule has 0 atom stereocenters. The SMILES string of the molecule is O=c1ccn(-c2cccc(C(F)(F)F)c2)nc1CCn1ccnc1-c1ccccc1. The number of benzene rings is 2. The molecule has 0 bridgehead atoms. The first-order chi connectivity index (χ1) is 14.4. The fourth-order valence-corrected chi connectivity index (χ4v) is 3.15. The van der Waals surface area contributed by atoms with Gasteiger partial charge in [0.1, 0.15) is 11.5 Å². The average molecular weight is 410 g/mol. The van der Waals surface area contributed by atoms with E-state index in [9.17, 15) is 18.0 Å². The number of aromatic nitrogens is 4. The molecule has 0 amide bonds. The lowest BCUT2D eigenvalue weighted by Crippen LogP contribution is -2.18. The zero-order valence-electron chi connectivity index (χ0n) is 15.8. The second-order valence-corrected chi connectivity index (χ2v) is 6.68. The number of alkyl halides is 3. The minimum absolute atomic E-state index is 0.235. The summed E-state index contributed by atoms with van der Waals surface area (Å²) in [6.45, 7) is 0.457. The standard InChI is InChI=1S/C22H17F3N4O/c23-22(24,25)17-7-4-8-18(15-17)29-13-10-20(30)19(27-29)9-12-28-14-11-26-21(28)16-5-2-1-3-6-16/h1-8,10-11,13-15H,9,12H2. The molecule has 2 aromatic carbocycles. The molecule has 4 rings (SSSR count). The van der Waals surface area contributed by atoms with Crippen LogP contribution in [0.5, 0.6) is 0 Å². The van der Waals surface area contributed by atoms with Gasteiger partial charge in [-0.2, -0.15) is 18.3 Å². The highest BCUT2D eigenvalue weighted by Gasteiger charge is 2.30. The van der Waals surface area contributed by atoms with Gasteiger partial charge in [0.15, 0.2) is 0 Å². The molecule has 0 fully saturated rings. The van der Waals surface area contributed by atoms with Gasteiger partial charge in [-0.15, -0.1) is 0 Å². The van der Waals surface area contributed by atoms with E-state index in [1.54, 1.807) is 6.20 Å². The van der Waals surface area contributed by atoms with Crippen LogP contribution in [-0.4, -0.2) is 19.3 Å². The lowest BCUT2D eigenvalue weighted by Gasteiger charge is -2.12. The molecule has 0 aliphatic carbocycles. The highest BCUT2D eigenvalue weighted by atomic mass is 19.4. The Bertz CT molecular complexity index is 1210. The summed E-state index contributed by atoms with van der Waals surface area (Å²) in [4.78, 5) is 16.6. The molecule has 0 aliphatic rings. The molecule has 0 saturated heterocycles. The van der Waals surface area contributed by atoms with E-state index in [4.69, 9.17) is 0 Å². The highest BCUT2D eigenvalue weighted by molar-refractivity contribution is 5.55. The zero-order valence-corrected chi connectivity index (χ0v) is 15.8. The van der Waals surface area contributed by atoms with E-state index >= 15 is 0 Å². The van der Waals surface area contributed by atoms with Gasteiger partial charge < -0.3 is 4.57 Å². The summed E-state index contributed by atoms with van der Waals surface area (Å²) < 4.78 is 42.2. The monoisotopic (exact) mass is 410 g/mol. The van der Waals surface area contributed by atoms with E-state index in [2.05, 4.69) is 10.1 Å². The molecule has 0 N–H and O–H groups in total. The van der Waals surface area contributed by atoms with Crippen LogP contribution in [0.15, 0.2) is 84.0 Å². The Morgan fingerprint density at radius 1 is 0.933 bits per heavy atom. The maximum Gasteiger partial charge on any atom is 0.416 e. The van der Waals surface area contributed by atoms with Crippen molar-refractivity contribution >= 4 is 0 Å². The second kappa shape index (κ2) is 7.98. The number of aryl methyl sites for hydroxylation is 2. The van der Waals surface area contributed by atoms with E-state index in [1.807, 2.05) is 41.1 Å². The summed E-state index contributed by atoms with van der Waals surface area (Å²) in [6.07, 6.45) is 0.730. The van der Waals surface area contributed by atoms with Crippen LogP contribution in [0.3, 0.4) is 0 Å². The van der Waals surface area contributed by atoms with Gasteiger partial charge in [-0.05, 0) is 18.2 Å². The maximum atomic E-state index is 13.0. The summed E-state index contributed by atoms with van der Waals surface area (Å²) >= 11 is 0. The first kappa shape index (κ1) is 19.6. The van der Waals surface area contributed by atoms with E-state index in [-0.39, 0.29) is 16.8 Å². The second-order valence-electron chi connectivity index (χ2n) is 6.68. The lowest BCUT2D eigenvalue weighted by molar-refractivity contribution is -0.137. The van der Waals surface area contributed by atoms with Crippen molar-refractivity contribution in [2.45, 2.75) is 19.1 Å². The summed E-state index contributed by atoms with van der Waals surface area (Å²) in [7, 11) is 0. The van der Waals surface area contributed by atoms with Crippen molar-refractivity contribution in [2.75, 3.05) is 0 Å². The van der Waals surface area contributed by atoms with Crippen LogP contribution in [-0.2, 0) is 19.1 Å². The van der Waals surface area contributed by atoms with Crippen LogP contribution in [0.2, 0.25) is 0 Å². The molecular formula is C22H17F3N4O. The fraction of sp³-hybridized carbons (Fsp3) is 0.136. The van der Waals surface area contributed by atoms with Crippen molar-refractivity contribution < 1.29 is 13.2 Å². The van der Waals surface area contributed by atoms with Crippen molar-refractivity contribution in [3.8, 4) is 17.1 Å². The molecule has 152 valence electrons. The first-order valence-corrected chi connectivity index (χ1v) is 9.25. The van der Waals surface area contributed by atoms with Gasteiger partial charge in [-0.25, -0.2) is 9.67 Å². The average Bonchev–Trinajstić information content (AvgIpc) is 3.22. The molecular weight excluding hydrogens is 393 g/mol. The van der Waals surface area contributed by atoms with Crippen molar-refractivity contribution in [1.82, 2.24) is 19.3 Å². The van der Waals surface area contributed by atoms with Crippen LogP contribution >= 0.6 is 0 Å². The topological polar surface area (TPSA) is 52.7 Å². The smallest absolute Gasteiger partial charge is 0.331 e. The van der Waals surface area contributed by atoms with Crippen LogP contribution in [0.4, 0.5) is 13.2 Å². The zero-order chi connectivity index (χ0) is 21.1. The summed E-state index contributed by atoms with van der Waals surface area (Å²) in [5.41, 5.74) is 0.416. The number of nitrogens with zero attached hydrogens (tertiary/aromatic N) is 4. The van der Waals surface area contributed by atoms with E-state index in [0.717, 1.165) is 23.5 Å². The van der Waals surface area contributed by atoms with Gasteiger partial charge >= 0.3 is 6.18 Å². The molecule has 2 heterocycles. The summed E-state index contributed by atoms with van der Waals surface area (Å²) in [5.74, 6) is 0.768. The quantitative estimate of drug-likeness (QED) is 0.491. The van der Waals surface area contributed by atoms with Gasteiger partial charge in [-0.3, -0.25) is 4.79 Å². The Morgan fingerprint density at radius 2 is 1.73 bits per heavy atom. The van der Waals surface area contributed by atoms with E-state index in [0.29, 0.717) is 13.0 Å². The van der Waals surface area contributed by atoms with Gasteiger partial charge in [0.05, 0.1) is 11.3 Å². The molecule has 0 unspecified atom stereocenters. The van der Waals surface area contributed by atoms with Crippen LogP contribution in [0.25, 0.3) is 17.1 Å². The van der Waals surface area contributed by atoms with Crippen LogP contribution in [0.1, 0.15) is 11.3 Å². The predicted octanol–water partition coefficient (Wildman–Crippen LogP) is 4.36. The minimum atomic E-state index is -4.45.